The van der Waals surface area contributed by atoms with Crippen molar-refractivity contribution < 1.29 is 14.3 Å². The lowest BCUT2D eigenvalue weighted by molar-refractivity contribution is -0.137. The summed E-state index contributed by atoms with van der Waals surface area (Å²) in [6.07, 6.45) is 0. The summed E-state index contributed by atoms with van der Waals surface area (Å²) < 4.78 is 4.48. The number of H-pyrrole nitrogens is 2. The van der Waals surface area contributed by atoms with Crippen LogP contribution in [-0.2, 0) is 9.53 Å². The number of aromatic nitrogens is 2. The third-order valence-corrected chi connectivity index (χ3v) is 3.42. The molecule has 19 heavy (non-hydrogen) atoms. The van der Waals surface area contributed by atoms with E-state index in [-0.39, 0.29) is 28.9 Å². The van der Waals surface area contributed by atoms with Crippen LogP contribution in [0.25, 0.3) is 11.0 Å². The first-order valence-corrected chi connectivity index (χ1v) is 6.65. The molecule has 0 amide bonds. The van der Waals surface area contributed by atoms with Crippen molar-refractivity contribution >= 4 is 34.5 Å². The van der Waals surface area contributed by atoms with Gasteiger partial charge in [0.1, 0.15) is 0 Å². The fourth-order valence-electron chi connectivity index (χ4n) is 1.58. The molecule has 0 fully saturated rings. The SMILES string of the molecule is COC(=O)CSCC(=O)c1ccc2[nH]c(=O)[nH]c2c1. The lowest BCUT2D eigenvalue weighted by atomic mass is 10.1. The molecule has 0 aliphatic carbocycles. The second kappa shape index (κ2) is 5.75. The summed E-state index contributed by atoms with van der Waals surface area (Å²) in [6, 6.07) is 4.94. The van der Waals surface area contributed by atoms with Crippen LogP contribution in [0.3, 0.4) is 0 Å². The number of fused-ring (bicyclic) bond motifs is 1. The molecule has 0 atom stereocenters. The van der Waals surface area contributed by atoms with Gasteiger partial charge in [0, 0.05) is 5.56 Å². The highest BCUT2D eigenvalue weighted by Gasteiger charge is 2.09. The average molecular weight is 280 g/mol. The first-order valence-electron chi connectivity index (χ1n) is 5.50. The van der Waals surface area contributed by atoms with Crippen LogP contribution >= 0.6 is 11.8 Å². The molecule has 100 valence electrons. The largest absolute Gasteiger partial charge is 0.468 e. The van der Waals surface area contributed by atoms with Gasteiger partial charge < -0.3 is 14.7 Å². The number of imidazole rings is 1. The summed E-state index contributed by atoms with van der Waals surface area (Å²) >= 11 is 1.20. The zero-order chi connectivity index (χ0) is 13.8. The molecule has 1 aromatic carbocycles. The van der Waals surface area contributed by atoms with Crippen molar-refractivity contribution in [3.05, 3.63) is 34.2 Å². The summed E-state index contributed by atoms with van der Waals surface area (Å²) in [4.78, 5) is 39.1. The van der Waals surface area contributed by atoms with Crippen molar-refractivity contribution in [1.29, 1.82) is 0 Å². The van der Waals surface area contributed by atoms with Gasteiger partial charge in [-0.3, -0.25) is 9.59 Å². The Morgan fingerprint density at radius 3 is 2.68 bits per heavy atom. The molecule has 6 nitrogen and oxygen atoms in total. The van der Waals surface area contributed by atoms with Crippen LogP contribution in [-0.4, -0.2) is 40.3 Å². The van der Waals surface area contributed by atoms with E-state index in [2.05, 4.69) is 14.7 Å². The molecule has 0 saturated carbocycles. The Kier molecular flexibility index (Phi) is 4.06. The Morgan fingerprint density at radius 1 is 1.21 bits per heavy atom. The zero-order valence-corrected chi connectivity index (χ0v) is 11.0. The van der Waals surface area contributed by atoms with E-state index in [1.807, 2.05) is 0 Å². The van der Waals surface area contributed by atoms with E-state index in [0.717, 1.165) is 0 Å². The van der Waals surface area contributed by atoms with E-state index in [1.165, 1.54) is 18.9 Å². The van der Waals surface area contributed by atoms with Crippen LogP contribution < -0.4 is 5.69 Å². The quantitative estimate of drug-likeness (QED) is 0.628. The van der Waals surface area contributed by atoms with Crippen LogP contribution in [0.5, 0.6) is 0 Å². The van der Waals surface area contributed by atoms with E-state index in [9.17, 15) is 14.4 Å². The summed E-state index contributed by atoms with van der Waals surface area (Å²) in [7, 11) is 1.31. The minimum atomic E-state index is -0.358. The number of nitrogens with one attached hydrogen (secondary N) is 2. The van der Waals surface area contributed by atoms with Crippen LogP contribution in [0.15, 0.2) is 23.0 Å². The Balaban J connectivity index is 2.04. The smallest absolute Gasteiger partial charge is 0.323 e. The van der Waals surface area contributed by atoms with Crippen molar-refractivity contribution in [3.8, 4) is 0 Å². The van der Waals surface area contributed by atoms with E-state index in [4.69, 9.17) is 0 Å². The van der Waals surface area contributed by atoms with Crippen LogP contribution in [0, 0.1) is 0 Å². The van der Waals surface area contributed by atoms with Gasteiger partial charge in [-0.25, -0.2) is 4.79 Å². The Labute approximate surface area is 112 Å². The molecule has 2 rings (SSSR count). The molecule has 2 N–H and O–H groups in total. The Morgan fingerprint density at radius 2 is 1.95 bits per heavy atom. The van der Waals surface area contributed by atoms with Gasteiger partial charge in [0.15, 0.2) is 5.78 Å². The number of esters is 1. The predicted octanol–water partition coefficient (Wildman–Crippen LogP) is 0.945. The van der Waals surface area contributed by atoms with Crippen molar-refractivity contribution in [3.63, 3.8) is 0 Å². The van der Waals surface area contributed by atoms with Gasteiger partial charge in [-0.2, -0.15) is 0 Å². The van der Waals surface area contributed by atoms with E-state index >= 15 is 0 Å². The van der Waals surface area contributed by atoms with Crippen LogP contribution in [0.2, 0.25) is 0 Å². The van der Waals surface area contributed by atoms with E-state index in [1.54, 1.807) is 18.2 Å². The maximum atomic E-state index is 11.9. The molecular weight excluding hydrogens is 268 g/mol. The number of ketones is 1. The average Bonchev–Trinajstić information content (AvgIpc) is 2.77. The minimum absolute atomic E-state index is 0.0992. The number of aromatic amines is 2. The van der Waals surface area contributed by atoms with Gasteiger partial charge in [0.2, 0.25) is 0 Å². The molecule has 0 unspecified atom stereocenters. The lowest BCUT2D eigenvalue weighted by Crippen LogP contribution is -2.08. The van der Waals surface area contributed by atoms with Gasteiger partial charge in [-0.15, -0.1) is 11.8 Å². The highest BCUT2D eigenvalue weighted by molar-refractivity contribution is 8.00. The summed E-state index contributed by atoms with van der Waals surface area (Å²) in [5.74, 6) is -0.123. The molecule has 7 heteroatoms. The lowest BCUT2D eigenvalue weighted by Gasteiger charge is -2.01. The summed E-state index contributed by atoms with van der Waals surface area (Å²) in [5, 5.41) is 0. The van der Waals surface area contributed by atoms with E-state index in [0.29, 0.717) is 16.6 Å². The molecule has 0 saturated heterocycles. The van der Waals surface area contributed by atoms with E-state index < -0.39 is 0 Å². The molecule has 0 aliphatic rings. The molecule has 1 heterocycles. The maximum Gasteiger partial charge on any atom is 0.323 e. The van der Waals surface area contributed by atoms with Crippen LogP contribution in [0.1, 0.15) is 10.4 Å². The highest BCUT2D eigenvalue weighted by atomic mass is 32.2. The van der Waals surface area contributed by atoms with Gasteiger partial charge >= 0.3 is 11.7 Å². The number of methoxy groups -OCH3 is 1. The molecule has 2 aromatic rings. The fraction of sp³-hybridized carbons (Fsp3) is 0.250. The van der Waals surface area contributed by atoms with Gasteiger partial charge in [0.25, 0.3) is 0 Å². The second-order valence-corrected chi connectivity index (χ2v) is 4.82. The van der Waals surface area contributed by atoms with Gasteiger partial charge in [-0.05, 0) is 18.2 Å². The molecule has 0 radical (unpaired) electrons. The van der Waals surface area contributed by atoms with Crippen LogP contribution in [0.4, 0.5) is 0 Å². The maximum absolute atomic E-state index is 11.9. The number of ether oxygens (including phenoxy) is 1. The Bertz CT molecular complexity index is 674. The first-order chi connectivity index (χ1) is 9.10. The van der Waals surface area contributed by atoms with Crippen molar-refractivity contribution in [2.45, 2.75) is 0 Å². The molecule has 0 bridgehead atoms. The first kappa shape index (κ1) is 13.4. The van der Waals surface area contributed by atoms with Crippen molar-refractivity contribution in [2.24, 2.45) is 0 Å². The number of carbonyl (C=O) groups excluding carboxylic acids is 2. The number of carbonyl (C=O) groups is 2. The van der Waals surface area contributed by atoms with Gasteiger partial charge in [0.05, 0.1) is 29.6 Å². The molecule has 1 aromatic heterocycles. The Hall–Kier alpha value is -2.02. The monoisotopic (exact) mass is 280 g/mol. The summed E-state index contributed by atoms with van der Waals surface area (Å²) in [5.41, 5.74) is 1.44. The second-order valence-electron chi connectivity index (χ2n) is 3.83. The standard InChI is InChI=1S/C12H12N2O4S/c1-18-11(16)6-19-5-10(15)7-2-3-8-9(4-7)14-12(17)13-8/h2-4H,5-6H2,1H3,(H2,13,14,17). The topological polar surface area (TPSA) is 92.0 Å². The molecule has 0 aliphatic heterocycles. The summed E-state index contributed by atoms with van der Waals surface area (Å²) in [6.45, 7) is 0. The highest BCUT2D eigenvalue weighted by Crippen LogP contribution is 2.13. The number of hydrogen-bond acceptors (Lipinski definition) is 5. The van der Waals surface area contributed by atoms with Crippen molar-refractivity contribution in [1.82, 2.24) is 9.97 Å². The third-order valence-electron chi connectivity index (χ3n) is 2.52. The zero-order valence-electron chi connectivity index (χ0n) is 10.2. The van der Waals surface area contributed by atoms with Crippen molar-refractivity contribution in [2.75, 3.05) is 18.6 Å². The molecule has 0 spiro atoms. The number of rotatable bonds is 5. The predicted molar refractivity (Wildman–Crippen MR) is 72.6 cm³/mol. The number of hydrogen-bond donors (Lipinski definition) is 2. The molecular formula is C12H12N2O4S. The number of thioether (sulfide) groups is 1. The fourth-order valence-corrected chi connectivity index (χ4v) is 2.31. The minimum Gasteiger partial charge on any atom is -0.468 e. The van der Waals surface area contributed by atoms with Gasteiger partial charge in [-0.1, -0.05) is 0 Å². The number of Topliss-reactive ketones (excluding diaryl/α,β-unsaturated/α-hetero) is 1. The normalized spacial score (nSPS) is 10.6. The third kappa shape index (κ3) is 3.25. The number of benzene rings is 1.